The number of nitrogens with one attached hydrogen (secondary N) is 2. The van der Waals surface area contributed by atoms with E-state index in [1.54, 1.807) is 0 Å². The van der Waals surface area contributed by atoms with Crippen LogP contribution in [0.5, 0.6) is 0 Å². The van der Waals surface area contributed by atoms with E-state index in [2.05, 4.69) is 41.9 Å². The molecular weight excluding hydrogens is 428 g/mol. The number of amides is 1. The topological polar surface area (TPSA) is 108 Å². The third-order valence-electron chi connectivity index (χ3n) is 5.06. The summed E-state index contributed by atoms with van der Waals surface area (Å²) in [5.41, 5.74) is 2.00. The molecule has 10 heteroatoms. The minimum atomic E-state index is -3.80. The second-order valence-corrected chi connectivity index (χ2v) is 9.07. The van der Waals surface area contributed by atoms with Gasteiger partial charge in [0.15, 0.2) is 0 Å². The van der Waals surface area contributed by atoms with Crippen LogP contribution in [0.4, 0.5) is 23.0 Å². The van der Waals surface area contributed by atoms with Crippen molar-refractivity contribution in [2.75, 3.05) is 46.0 Å². The second-order valence-electron chi connectivity index (χ2n) is 7.39. The molecule has 2 aromatic carbocycles. The number of para-hydroxylation sites is 1. The van der Waals surface area contributed by atoms with E-state index in [0.717, 1.165) is 26.2 Å². The van der Waals surface area contributed by atoms with Gasteiger partial charge in [-0.15, -0.1) is 0 Å². The average molecular weight is 453 g/mol. The highest BCUT2D eigenvalue weighted by Crippen LogP contribution is 2.20. The molecule has 1 aromatic heterocycles. The van der Waals surface area contributed by atoms with E-state index in [1.807, 2.05) is 18.2 Å². The molecule has 9 nitrogen and oxygen atoms in total. The third kappa shape index (κ3) is 5.14. The fourth-order valence-electron chi connectivity index (χ4n) is 3.48. The lowest BCUT2D eigenvalue weighted by Crippen LogP contribution is -2.47. The lowest BCUT2D eigenvalue weighted by Gasteiger charge is -2.36. The number of carbonyl (C=O) groups excluding carboxylic acids is 1. The molecule has 1 aliphatic rings. The molecule has 0 spiro atoms. The average Bonchev–Trinajstić information content (AvgIpc) is 2.80. The van der Waals surface area contributed by atoms with Gasteiger partial charge in [0.1, 0.15) is 0 Å². The molecular formula is C22H24N6O3S. The van der Waals surface area contributed by atoms with E-state index in [0.29, 0.717) is 11.6 Å². The number of hydrogen-bond donors (Lipinski definition) is 2. The lowest BCUT2D eigenvalue weighted by molar-refractivity contribution is -0.114. The quantitative estimate of drug-likeness (QED) is 0.592. The first-order valence-corrected chi connectivity index (χ1v) is 11.7. The summed E-state index contributed by atoms with van der Waals surface area (Å²) in [6.07, 6.45) is 2.93. The standard InChI is InChI=1S/C22H24N6O3S/c1-17(29)25-18-7-9-21(10-8-18)32(30,31)26-19-15-23-22(24-16-19)28-13-11-27(12-14-28)20-5-3-2-4-6-20/h2-10,15-16,26H,11-14H2,1H3,(H,25,29). The molecule has 0 radical (unpaired) electrons. The second kappa shape index (κ2) is 9.23. The van der Waals surface area contributed by atoms with Crippen molar-refractivity contribution in [1.82, 2.24) is 9.97 Å². The minimum Gasteiger partial charge on any atom is -0.368 e. The molecule has 32 heavy (non-hydrogen) atoms. The fourth-order valence-corrected chi connectivity index (χ4v) is 4.50. The Morgan fingerprint density at radius 3 is 2.03 bits per heavy atom. The maximum atomic E-state index is 12.6. The molecule has 0 saturated carbocycles. The smallest absolute Gasteiger partial charge is 0.261 e. The molecule has 1 fully saturated rings. The van der Waals surface area contributed by atoms with Crippen LogP contribution < -0.4 is 19.8 Å². The highest BCUT2D eigenvalue weighted by molar-refractivity contribution is 7.92. The van der Waals surface area contributed by atoms with Gasteiger partial charge in [0.2, 0.25) is 11.9 Å². The fraction of sp³-hybridized carbons (Fsp3) is 0.227. The van der Waals surface area contributed by atoms with E-state index in [1.165, 1.54) is 49.3 Å². The van der Waals surface area contributed by atoms with Crippen LogP contribution in [0, 0.1) is 0 Å². The Balaban J connectivity index is 1.37. The summed E-state index contributed by atoms with van der Waals surface area (Å²) in [4.78, 5) is 24.3. The van der Waals surface area contributed by atoms with Gasteiger partial charge in [0, 0.05) is 44.5 Å². The zero-order valence-electron chi connectivity index (χ0n) is 17.6. The molecule has 0 atom stereocenters. The molecule has 4 rings (SSSR count). The Morgan fingerprint density at radius 2 is 1.44 bits per heavy atom. The Kier molecular flexibility index (Phi) is 6.22. The van der Waals surface area contributed by atoms with Crippen molar-refractivity contribution in [3.63, 3.8) is 0 Å². The highest BCUT2D eigenvalue weighted by Gasteiger charge is 2.20. The number of piperazine rings is 1. The van der Waals surface area contributed by atoms with Gasteiger partial charge in [-0.3, -0.25) is 9.52 Å². The van der Waals surface area contributed by atoms with Crippen LogP contribution in [-0.2, 0) is 14.8 Å². The lowest BCUT2D eigenvalue weighted by atomic mass is 10.2. The third-order valence-corrected chi connectivity index (χ3v) is 6.46. The van der Waals surface area contributed by atoms with E-state index >= 15 is 0 Å². The normalized spacial score (nSPS) is 14.2. The van der Waals surface area contributed by atoms with Gasteiger partial charge in [-0.05, 0) is 36.4 Å². The zero-order chi connectivity index (χ0) is 22.6. The predicted molar refractivity (Wildman–Crippen MR) is 124 cm³/mol. The molecule has 1 aliphatic heterocycles. The molecule has 166 valence electrons. The van der Waals surface area contributed by atoms with Gasteiger partial charge in [0.25, 0.3) is 10.0 Å². The van der Waals surface area contributed by atoms with Crippen molar-refractivity contribution in [3.8, 4) is 0 Å². The van der Waals surface area contributed by atoms with Gasteiger partial charge in [0.05, 0.1) is 23.0 Å². The van der Waals surface area contributed by atoms with E-state index in [-0.39, 0.29) is 16.5 Å². The van der Waals surface area contributed by atoms with Crippen LogP contribution in [0.1, 0.15) is 6.92 Å². The first-order valence-electron chi connectivity index (χ1n) is 10.2. The summed E-state index contributed by atoms with van der Waals surface area (Å²) < 4.78 is 27.7. The number of sulfonamides is 1. The van der Waals surface area contributed by atoms with Crippen LogP contribution in [0.2, 0.25) is 0 Å². The number of nitrogens with zero attached hydrogens (tertiary/aromatic N) is 4. The molecule has 1 saturated heterocycles. The number of carbonyl (C=O) groups is 1. The molecule has 0 unspecified atom stereocenters. The highest BCUT2D eigenvalue weighted by atomic mass is 32.2. The number of rotatable bonds is 6. The van der Waals surface area contributed by atoms with Crippen molar-refractivity contribution in [2.45, 2.75) is 11.8 Å². The maximum absolute atomic E-state index is 12.6. The Labute approximate surface area is 187 Å². The van der Waals surface area contributed by atoms with E-state index < -0.39 is 10.0 Å². The number of hydrogen-bond acceptors (Lipinski definition) is 7. The Bertz CT molecular complexity index is 1160. The summed E-state index contributed by atoms with van der Waals surface area (Å²) in [5, 5.41) is 2.60. The van der Waals surface area contributed by atoms with Crippen LogP contribution in [0.15, 0.2) is 71.9 Å². The predicted octanol–water partition coefficient (Wildman–Crippen LogP) is 2.56. The van der Waals surface area contributed by atoms with E-state index in [9.17, 15) is 13.2 Å². The Hall–Kier alpha value is -3.66. The van der Waals surface area contributed by atoms with Gasteiger partial charge in [-0.25, -0.2) is 18.4 Å². The first-order chi connectivity index (χ1) is 15.4. The molecule has 2 N–H and O–H groups in total. The van der Waals surface area contributed by atoms with Gasteiger partial charge in [-0.2, -0.15) is 0 Å². The molecule has 0 bridgehead atoms. The van der Waals surface area contributed by atoms with Crippen LogP contribution in [-0.4, -0.2) is 50.5 Å². The summed E-state index contributed by atoms with van der Waals surface area (Å²) >= 11 is 0. The van der Waals surface area contributed by atoms with Crippen molar-refractivity contribution in [2.24, 2.45) is 0 Å². The van der Waals surface area contributed by atoms with Crippen molar-refractivity contribution < 1.29 is 13.2 Å². The summed E-state index contributed by atoms with van der Waals surface area (Å²) in [7, 11) is -3.80. The van der Waals surface area contributed by atoms with Gasteiger partial charge in [-0.1, -0.05) is 18.2 Å². The van der Waals surface area contributed by atoms with Crippen LogP contribution in [0.25, 0.3) is 0 Å². The van der Waals surface area contributed by atoms with Crippen molar-refractivity contribution >= 4 is 38.9 Å². The summed E-state index contributed by atoms with van der Waals surface area (Å²) in [5.74, 6) is 0.345. The van der Waals surface area contributed by atoms with Gasteiger partial charge >= 0.3 is 0 Å². The number of aromatic nitrogens is 2. The monoisotopic (exact) mass is 452 g/mol. The molecule has 1 amide bonds. The first kappa shape index (κ1) is 21.6. The number of benzene rings is 2. The largest absolute Gasteiger partial charge is 0.368 e. The minimum absolute atomic E-state index is 0.0766. The molecule has 2 heterocycles. The SMILES string of the molecule is CC(=O)Nc1ccc(S(=O)(=O)Nc2cnc(N3CCN(c4ccccc4)CC3)nc2)cc1. The van der Waals surface area contributed by atoms with Crippen LogP contribution in [0.3, 0.4) is 0 Å². The molecule has 3 aromatic rings. The van der Waals surface area contributed by atoms with Crippen molar-refractivity contribution in [3.05, 3.63) is 67.0 Å². The zero-order valence-corrected chi connectivity index (χ0v) is 18.4. The maximum Gasteiger partial charge on any atom is 0.261 e. The summed E-state index contributed by atoms with van der Waals surface area (Å²) in [6.45, 7) is 4.66. The van der Waals surface area contributed by atoms with Crippen molar-refractivity contribution in [1.29, 1.82) is 0 Å². The van der Waals surface area contributed by atoms with E-state index in [4.69, 9.17) is 0 Å². The Morgan fingerprint density at radius 1 is 0.844 bits per heavy atom. The molecule has 0 aliphatic carbocycles. The van der Waals surface area contributed by atoms with Gasteiger partial charge < -0.3 is 15.1 Å². The summed E-state index contributed by atoms with van der Waals surface area (Å²) in [6, 6.07) is 16.2. The van der Waals surface area contributed by atoms with Crippen LogP contribution >= 0.6 is 0 Å². The number of anilines is 4.